The predicted molar refractivity (Wildman–Crippen MR) is 105 cm³/mol. The molecular weight excluding hydrogens is 380 g/mol. The molecule has 1 aliphatic rings. The Kier molecular flexibility index (Phi) is 7.41. The van der Waals surface area contributed by atoms with E-state index in [1.807, 2.05) is 0 Å². The lowest BCUT2D eigenvalue weighted by Gasteiger charge is -2.21. The Labute approximate surface area is 169 Å². The molecule has 0 saturated carbocycles. The van der Waals surface area contributed by atoms with Crippen LogP contribution in [-0.2, 0) is 9.53 Å². The second-order valence-electron chi connectivity index (χ2n) is 6.80. The number of aromatic hydroxyl groups is 1. The van der Waals surface area contributed by atoms with Crippen molar-refractivity contribution >= 4 is 17.8 Å². The van der Waals surface area contributed by atoms with Crippen LogP contribution in [0.5, 0.6) is 17.2 Å². The summed E-state index contributed by atoms with van der Waals surface area (Å²) in [5.74, 6) is -1.76. The molecule has 3 N–H and O–H groups in total. The fourth-order valence-electron chi connectivity index (χ4n) is 2.86. The number of aliphatic hydroxyl groups is 2. The molecule has 2 rings (SSSR count). The Balaban J connectivity index is 2.62. The van der Waals surface area contributed by atoms with E-state index in [1.165, 1.54) is 38.5 Å². The Morgan fingerprint density at radius 3 is 2.41 bits per heavy atom. The molecule has 1 aromatic carbocycles. The standard InChI is InChI=1S/C21H26O8/c1-11-8-9-15(23)19(25)14(22)7-5-6-13-18(21(26)29-12(11)2)16(24)10-17(27-3)20(13)28-4/h5-6,8-12,14,19,22,24-25H,7H2,1-4H3/b6-5+,9-8-/t11-,12-,14-,19-/m0/s1. The normalized spacial score (nSPS) is 27.9. The maximum Gasteiger partial charge on any atom is 0.342 e. The van der Waals surface area contributed by atoms with Gasteiger partial charge < -0.3 is 29.5 Å². The van der Waals surface area contributed by atoms with Gasteiger partial charge in [-0.3, -0.25) is 4.79 Å². The molecule has 0 bridgehead atoms. The first-order valence-corrected chi connectivity index (χ1v) is 9.14. The van der Waals surface area contributed by atoms with Crippen molar-refractivity contribution in [2.75, 3.05) is 14.2 Å². The summed E-state index contributed by atoms with van der Waals surface area (Å²) in [5.41, 5.74) is 0.0694. The number of esters is 1. The van der Waals surface area contributed by atoms with Crippen LogP contribution in [0.2, 0.25) is 0 Å². The first-order chi connectivity index (χ1) is 13.7. The SMILES string of the molecule is COc1cc(O)c2c(c1OC)/C=C/C[C@H](O)[C@H](O)C(=O)/C=C\[C@H](C)[C@H](C)OC2=O. The number of carbonyl (C=O) groups excluding carboxylic acids is 2. The Morgan fingerprint density at radius 1 is 1.10 bits per heavy atom. The molecular formula is C21H26O8. The van der Waals surface area contributed by atoms with E-state index in [-0.39, 0.29) is 40.7 Å². The molecule has 29 heavy (non-hydrogen) atoms. The van der Waals surface area contributed by atoms with Crippen LogP contribution in [-0.4, -0.2) is 59.6 Å². The predicted octanol–water partition coefficient (Wildman–Crippen LogP) is 1.85. The molecule has 1 aliphatic heterocycles. The summed E-state index contributed by atoms with van der Waals surface area (Å²) < 4.78 is 16.0. The topological polar surface area (TPSA) is 123 Å². The quantitative estimate of drug-likeness (QED) is 0.636. The average Bonchev–Trinajstić information content (AvgIpc) is 2.69. The van der Waals surface area contributed by atoms with Crippen molar-refractivity contribution in [1.29, 1.82) is 0 Å². The van der Waals surface area contributed by atoms with Crippen molar-refractivity contribution in [3.63, 3.8) is 0 Å². The van der Waals surface area contributed by atoms with E-state index >= 15 is 0 Å². The molecule has 0 aromatic heterocycles. The number of carbonyl (C=O) groups is 2. The van der Waals surface area contributed by atoms with Crippen LogP contribution in [0.25, 0.3) is 6.08 Å². The van der Waals surface area contributed by atoms with Crippen LogP contribution in [0, 0.1) is 5.92 Å². The van der Waals surface area contributed by atoms with Gasteiger partial charge in [-0.25, -0.2) is 4.79 Å². The highest BCUT2D eigenvalue weighted by molar-refractivity contribution is 5.99. The van der Waals surface area contributed by atoms with Crippen LogP contribution in [0.15, 0.2) is 24.3 Å². The fourth-order valence-corrected chi connectivity index (χ4v) is 2.86. The molecule has 0 amide bonds. The van der Waals surface area contributed by atoms with Crippen LogP contribution in [0.3, 0.4) is 0 Å². The van der Waals surface area contributed by atoms with E-state index in [1.54, 1.807) is 13.8 Å². The van der Waals surface area contributed by atoms with Gasteiger partial charge in [0.15, 0.2) is 17.3 Å². The van der Waals surface area contributed by atoms with E-state index < -0.39 is 30.1 Å². The summed E-state index contributed by atoms with van der Waals surface area (Å²) in [5, 5.41) is 30.5. The van der Waals surface area contributed by atoms with Crippen LogP contribution >= 0.6 is 0 Å². The maximum absolute atomic E-state index is 12.8. The van der Waals surface area contributed by atoms with Gasteiger partial charge in [0.05, 0.1) is 20.3 Å². The summed E-state index contributed by atoms with van der Waals surface area (Å²) in [6.45, 7) is 3.37. The number of fused-ring (bicyclic) bond motifs is 1. The number of phenols is 1. The van der Waals surface area contributed by atoms with Gasteiger partial charge in [-0.2, -0.15) is 0 Å². The highest BCUT2D eigenvalue weighted by atomic mass is 16.5. The monoisotopic (exact) mass is 406 g/mol. The van der Waals surface area contributed by atoms with Gasteiger partial charge in [0.1, 0.15) is 23.5 Å². The molecule has 0 unspecified atom stereocenters. The zero-order valence-electron chi connectivity index (χ0n) is 16.8. The van der Waals surface area contributed by atoms with Crippen LogP contribution in [0.4, 0.5) is 0 Å². The van der Waals surface area contributed by atoms with E-state index in [4.69, 9.17) is 14.2 Å². The van der Waals surface area contributed by atoms with Crippen molar-refractivity contribution in [1.82, 2.24) is 0 Å². The van der Waals surface area contributed by atoms with E-state index in [9.17, 15) is 24.9 Å². The number of ketones is 1. The van der Waals surface area contributed by atoms with Gasteiger partial charge in [-0.1, -0.05) is 25.2 Å². The molecule has 0 radical (unpaired) electrons. The number of phenolic OH excluding ortho intramolecular Hbond substituents is 1. The maximum atomic E-state index is 12.8. The summed E-state index contributed by atoms with van der Waals surface area (Å²) in [6.07, 6.45) is 1.89. The number of ether oxygens (including phenoxy) is 3. The Morgan fingerprint density at radius 2 is 1.79 bits per heavy atom. The molecule has 158 valence electrons. The van der Waals surface area contributed by atoms with Crippen molar-refractivity contribution in [2.45, 2.75) is 38.6 Å². The minimum atomic E-state index is -1.59. The highest BCUT2D eigenvalue weighted by Crippen LogP contribution is 2.40. The van der Waals surface area contributed by atoms with Crippen LogP contribution < -0.4 is 9.47 Å². The number of rotatable bonds is 2. The molecule has 0 fully saturated rings. The second kappa shape index (κ2) is 9.58. The van der Waals surface area contributed by atoms with Gasteiger partial charge in [0.25, 0.3) is 0 Å². The van der Waals surface area contributed by atoms with Crippen molar-refractivity contribution in [2.24, 2.45) is 5.92 Å². The number of methoxy groups -OCH3 is 2. The largest absolute Gasteiger partial charge is 0.507 e. The number of hydrogen-bond acceptors (Lipinski definition) is 8. The van der Waals surface area contributed by atoms with Crippen molar-refractivity contribution in [3.8, 4) is 17.2 Å². The summed E-state index contributed by atoms with van der Waals surface area (Å²) >= 11 is 0. The van der Waals surface area contributed by atoms with E-state index in [0.717, 1.165) is 6.08 Å². The third-order valence-electron chi connectivity index (χ3n) is 4.81. The van der Waals surface area contributed by atoms with E-state index in [0.29, 0.717) is 0 Å². The molecule has 0 saturated heterocycles. The molecule has 0 spiro atoms. The van der Waals surface area contributed by atoms with E-state index in [2.05, 4.69) is 0 Å². The lowest BCUT2D eigenvalue weighted by atomic mass is 9.99. The summed E-state index contributed by atoms with van der Waals surface area (Å²) in [4.78, 5) is 24.8. The van der Waals surface area contributed by atoms with Crippen molar-refractivity contribution < 1.29 is 39.1 Å². The average molecular weight is 406 g/mol. The number of aliphatic hydroxyl groups excluding tert-OH is 2. The smallest absolute Gasteiger partial charge is 0.342 e. The second-order valence-corrected chi connectivity index (χ2v) is 6.80. The van der Waals surface area contributed by atoms with Crippen LogP contribution in [0.1, 0.15) is 36.2 Å². The van der Waals surface area contributed by atoms with Gasteiger partial charge in [-0.05, 0) is 19.4 Å². The number of cyclic esters (lactones) is 1. The molecule has 1 aromatic rings. The van der Waals surface area contributed by atoms with Crippen molar-refractivity contribution in [3.05, 3.63) is 35.4 Å². The minimum absolute atomic E-state index is 0.0810. The summed E-state index contributed by atoms with van der Waals surface area (Å²) in [7, 11) is 2.77. The Bertz CT molecular complexity index is 826. The Hall–Kier alpha value is -2.84. The van der Waals surface area contributed by atoms with Gasteiger partial charge >= 0.3 is 5.97 Å². The number of hydrogen-bond donors (Lipinski definition) is 3. The first kappa shape index (κ1) is 22.4. The molecule has 1 heterocycles. The third kappa shape index (κ3) is 4.96. The zero-order valence-corrected chi connectivity index (χ0v) is 16.8. The van der Waals surface area contributed by atoms with Gasteiger partial charge in [0.2, 0.25) is 0 Å². The zero-order chi connectivity index (χ0) is 21.7. The first-order valence-electron chi connectivity index (χ1n) is 9.14. The molecule has 4 atom stereocenters. The summed E-state index contributed by atoms with van der Waals surface area (Å²) in [6, 6.07) is 1.25. The molecule has 8 nitrogen and oxygen atoms in total. The lowest BCUT2D eigenvalue weighted by molar-refractivity contribution is -0.127. The minimum Gasteiger partial charge on any atom is -0.507 e. The molecule has 0 aliphatic carbocycles. The molecule has 8 heteroatoms. The third-order valence-corrected chi connectivity index (χ3v) is 4.81. The lowest BCUT2D eigenvalue weighted by Crippen LogP contribution is -2.32. The van der Waals surface area contributed by atoms with Gasteiger partial charge in [0, 0.05) is 17.5 Å². The highest BCUT2D eigenvalue weighted by Gasteiger charge is 2.27. The van der Waals surface area contributed by atoms with Gasteiger partial charge in [-0.15, -0.1) is 0 Å². The fraction of sp³-hybridized carbons (Fsp3) is 0.429. The number of benzene rings is 1.